The Kier molecular flexibility index (Phi) is 2.87. The van der Waals surface area contributed by atoms with Crippen molar-refractivity contribution in [2.45, 2.75) is 32.3 Å². The van der Waals surface area contributed by atoms with Gasteiger partial charge >= 0.3 is 0 Å². The van der Waals surface area contributed by atoms with Gasteiger partial charge < -0.3 is 9.53 Å². The Balaban J connectivity index is 2.30. The summed E-state index contributed by atoms with van der Waals surface area (Å²) in [5.74, 6) is 0.0836. The molecule has 2 atom stereocenters. The quantitative estimate of drug-likeness (QED) is 0.544. The zero-order valence-electron chi connectivity index (χ0n) is 6.38. The second-order valence-electron chi connectivity index (χ2n) is 2.90. The number of rotatable bonds is 2. The Labute approximate surface area is 61.6 Å². The first kappa shape index (κ1) is 7.73. The van der Waals surface area contributed by atoms with Crippen LogP contribution in [0, 0.1) is 5.92 Å². The van der Waals surface area contributed by atoms with Crippen LogP contribution in [0.25, 0.3) is 0 Å². The number of aldehydes is 1. The van der Waals surface area contributed by atoms with Gasteiger partial charge in [0.05, 0.1) is 6.10 Å². The Bertz CT molecular complexity index is 106. The molecule has 0 aromatic rings. The lowest BCUT2D eigenvalue weighted by Crippen LogP contribution is -2.26. The van der Waals surface area contributed by atoms with E-state index < -0.39 is 0 Å². The Hall–Kier alpha value is -0.370. The highest BCUT2D eigenvalue weighted by Gasteiger charge is 2.19. The Morgan fingerprint density at radius 2 is 2.40 bits per heavy atom. The van der Waals surface area contributed by atoms with Gasteiger partial charge in [-0.25, -0.2) is 0 Å². The normalized spacial score (nSPS) is 29.5. The van der Waals surface area contributed by atoms with E-state index in [0.717, 1.165) is 25.7 Å². The molecule has 0 radical (unpaired) electrons. The molecular formula is C8H14O2. The largest absolute Gasteiger partial charge is 0.377 e. The highest BCUT2D eigenvalue weighted by Crippen LogP contribution is 2.18. The standard InChI is InChI=1S/C8H14O2/c1-7(6-9)8-4-2-3-5-10-8/h6-8H,2-5H2,1H3/t7-,8-/m0/s1. The van der Waals surface area contributed by atoms with E-state index in [-0.39, 0.29) is 12.0 Å². The predicted molar refractivity (Wildman–Crippen MR) is 38.8 cm³/mol. The number of hydrogen-bond acceptors (Lipinski definition) is 2. The first-order chi connectivity index (χ1) is 4.84. The van der Waals surface area contributed by atoms with Gasteiger partial charge in [-0.05, 0) is 19.3 Å². The maximum atomic E-state index is 10.3. The lowest BCUT2D eigenvalue weighted by molar-refractivity contribution is -0.116. The maximum Gasteiger partial charge on any atom is 0.125 e. The second-order valence-corrected chi connectivity index (χ2v) is 2.90. The van der Waals surface area contributed by atoms with Crippen molar-refractivity contribution in [3.63, 3.8) is 0 Å². The molecule has 1 saturated heterocycles. The molecule has 2 nitrogen and oxygen atoms in total. The maximum absolute atomic E-state index is 10.3. The van der Waals surface area contributed by atoms with Crippen molar-refractivity contribution in [2.24, 2.45) is 5.92 Å². The molecule has 0 saturated carbocycles. The SMILES string of the molecule is C[C@@H](C=O)[C@@H]1CCCCO1. The zero-order valence-corrected chi connectivity index (χ0v) is 6.38. The van der Waals surface area contributed by atoms with E-state index in [1.807, 2.05) is 6.92 Å². The molecule has 1 heterocycles. The van der Waals surface area contributed by atoms with Gasteiger partial charge in [0.15, 0.2) is 0 Å². The molecule has 0 aliphatic carbocycles. The minimum Gasteiger partial charge on any atom is -0.377 e. The molecule has 2 heteroatoms. The molecule has 1 rings (SSSR count). The minimum absolute atomic E-state index is 0.0836. The van der Waals surface area contributed by atoms with Gasteiger partial charge in [-0.15, -0.1) is 0 Å². The molecule has 0 spiro atoms. The van der Waals surface area contributed by atoms with E-state index in [1.165, 1.54) is 6.42 Å². The summed E-state index contributed by atoms with van der Waals surface area (Å²) in [7, 11) is 0. The van der Waals surface area contributed by atoms with E-state index in [4.69, 9.17) is 4.74 Å². The van der Waals surface area contributed by atoms with Crippen molar-refractivity contribution in [3.05, 3.63) is 0 Å². The Morgan fingerprint density at radius 3 is 2.90 bits per heavy atom. The number of carbonyl (C=O) groups is 1. The summed E-state index contributed by atoms with van der Waals surface area (Å²) >= 11 is 0. The molecule has 0 bridgehead atoms. The number of carbonyl (C=O) groups excluding carboxylic acids is 1. The minimum atomic E-state index is 0.0836. The third-order valence-corrected chi connectivity index (χ3v) is 2.02. The second kappa shape index (κ2) is 3.71. The third-order valence-electron chi connectivity index (χ3n) is 2.02. The summed E-state index contributed by atoms with van der Waals surface area (Å²) in [4.78, 5) is 10.3. The van der Waals surface area contributed by atoms with E-state index >= 15 is 0 Å². The predicted octanol–water partition coefficient (Wildman–Crippen LogP) is 1.39. The van der Waals surface area contributed by atoms with Crippen molar-refractivity contribution in [1.29, 1.82) is 0 Å². The van der Waals surface area contributed by atoms with Crippen LogP contribution in [-0.4, -0.2) is 19.0 Å². The molecule has 0 aromatic heterocycles. The first-order valence-electron chi connectivity index (χ1n) is 3.91. The van der Waals surface area contributed by atoms with Gasteiger partial charge in [0.2, 0.25) is 0 Å². The van der Waals surface area contributed by atoms with Crippen molar-refractivity contribution >= 4 is 6.29 Å². The van der Waals surface area contributed by atoms with Crippen molar-refractivity contribution in [2.75, 3.05) is 6.61 Å². The van der Waals surface area contributed by atoms with Gasteiger partial charge in [-0.2, -0.15) is 0 Å². The van der Waals surface area contributed by atoms with E-state index in [2.05, 4.69) is 0 Å². The fourth-order valence-electron chi connectivity index (χ4n) is 1.27. The van der Waals surface area contributed by atoms with Crippen LogP contribution < -0.4 is 0 Å². The van der Waals surface area contributed by atoms with Crippen LogP contribution in [-0.2, 0) is 9.53 Å². The van der Waals surface area contributed by atoms with Gasteiger partial charge in [-0.1, -0.05) is 6.92 Å². The van der Waals surface area contributed by atoms with E-state index in [9.17, 15) is 4.79 Å². The fraction of sp³-hybridized carbons (Fsp3) is 0.875. The lowest BCUT2D eigenvalue weighted by atomic mass is 9.99. The lowest BCUT2D eigenvalue weighted by Gasteiger charge is -2.24. The van der Waals surface area contributed by atoms with Crippen LogP contribution in [0.4, 0.5) is 0 Å². The monoisotopic (exact) mass is 142 g/mol. The van der Waals surface area contributed by atoms with Crippen LogP contribution in [0.2, 0.25) is 0 Å². The third kappa shape index (κ3) is 1.81. The zero-order chi connectivity index (χ0) is 7.40. The molecular weight excluding hydrogens is 128 g/mol. The van der Waals surface area contributed by atoms with Crippen molar-refractivity contribution < 1.29 is 9.53 Å². The molecule has 0 aromatic carbocycles. The summed E-state index contributed by atoms with van der Waals surface area (Å²) in [6.07, 6.45) is 4.60. The van der Waals surface area contributed by atoms with Crippen LogP contribution >= 0.6 is 0 Å². The summed E-state index contributed by atoms with van der Waals surface area (Å²) < 4.78 is 5.40. The molecule has 0 unspecified atom stereocenters. The van der Waals surface area contributed by atoms with Crippen LogP contribution in [0.1, 0.15) is 26.2 Å². The fourth-order valence-corrected chi connectivity index (χ4v) is 1.27. The van der Waals surface area contributed by atoms with Crippen molar-refractivity contribution in [3.8, 4) is 0 Å². The van der Waals surface area contributed by atoms with Crippen LogP contribution in [0.3, 0.4) is 0 Å². The van der Waals surface area contributed by atoms with Gasteiger partial charge in [0.1, 0.15) is 6.29 Å². The highest BCUT2D eigenvalue weighted by atomic mass is 16.5. The van der Waals surface area contributed by atoms with Crippen LogP contribution in [0.5, 0.6) is 0 Å². The topological polar surface area (TPSA) is 26.3 Å². The van der Waals surface area contributed by atoms with Crippen molar-refractivity contribution in [1.82, 2.24) is 0 Å². The summed E-state index contributed by atoms with van der Waals surface area (Å²) in [5, 5.41) is 0. The van der Waals surface area contributed by atoms with Gasteiger partial charge in [0, 0.05) is 12.5 Å². The molecule has 1 aliphatic heterocycles. The Morgan fingerprint density at radius 1 is 1.60 bits per heavy atom. The van der Waals surface area contributed by atoms with E-state index in [0.29, 0.717) is 0 Å². The molecule has 1 aliphatic rings. The summed E-state index contributed by atoms with van der Waals surface area (Å²) in [6.45, 7) is 2.76. The van der Waals surface area contributed by atoms with Crippen LogP contribution in [0.15, 0.2) is 0 Å². The van der Waals surface area contributed by atoms with Gasteiger partial charge in [-0.3, -0.25) is 0 Å². The smallest absolute Gasteiger partial charge is 0.125 e. The molecule has 0 amide bonds. The summed E-state index contributed by atoms with van der Waals surface area (Å²) in [6, 6.07) is 0. The van der Waals surface area contributed by atoms with Gasteiger partial charge in [0.25, 0.3) is 0 Å². The molecule has 10 heavy (non-hydrogen) atoms. The highest BCUT2D eigenvalue weighted by molar-refractivity contribution is 5.53. The molecule has 1 fully saturated rings. The molecule has 0 N–H and O–H groups in total. The first-order valence-corrected chi connectivity index (χ1v) is 3.91. The number of hydrogen-bond donors (Lipinski definition) is 0. The average molecular weight is 142 g/mol. The average Bonchev–Trinajstić information content (AvgIpc) is 2.05. The molecule has 58 valence electrons. The van der Waals surface area contributed by atoms with E-state index in [1.54, 1.807) is 0 Å². The number of ether oxygens (including phenoxy) is 1. The summed E-state index contributed by atoms with van der Waals surface area (Å²) in [5.41, 5.74) is 0.